The van der Waals surface area contributed by atoms with Gasteiger partial charge in [-0.1, -0.05) is 22.0 Å². The van der Waals surface area contributed by atoms with Gasteiger partial charge in [0.1, 0.15) is 0 Å². The van der Waals surface area contributed by atoms with E-state index in [2.05, 4.69) is 22.9 Å². The van der Waals surface area contributed by atoms with E-state index < -0.39 is 0 Å². The highest BCUT2D eigenvalue weighted by molar-refractivity contribution is 9.10. The first-order valence-electron chi connectivity index (χ1n) is 5.41. The summed E-state index contributed by atoms with van der Waals surface area (Å²) >= 11 is 3.42. The van der Waals surface area contributed by atoms with Crippen molar-refractivity contribution in [1.29, 1.82) is 0 Å². The van der Waals surface area contributed by atoms with Crippen LogP contribution in [0.1, 0.15) is 13.3 Å². The minimum absolute atomic E-state index is 0.168. The number of benzene rings is 1. The Morgan fingerprint density at radius 2 is 2.31 bits per heavy atom. The Balaban J connectivity index is 2.30. The van der Waals surface area contributed by atoms with Crippen LogP contribution in [0.4, 0.5) is 5.69 Å². The van der Waals surface area contributed by atoms with Crippen molar-refractivity contribution in [2.24, 2.45) is 11.7 Å². The molecule has 2 unspecified atom stereocenters. The highest BCUT2D eigenvalue weighted by Gasteiger charge is 2.36. The molecule has 0 aromatic heterocycles. The molecular formula is C12H15BrN2O. The Labute approximate surface area is 104 Å². The van der Waals surface area contributed by atoms with Crippen LogP contribution >= 0.6 is 15.9 Å². The molecule has 0 saturated carbocycles. The number of halogens is 1. The second kappa shape index (κ2) is 4.55. The standard InChI is InChI=1S/C12H15BrN2O/c1-8-9(7-14)5-12(16)15(8)11-4-2-3-10(13)6-11/h2-4,6,8-9H,5,7,14H2,1H3. The van der Waals surface area contributed by atoms with Crippen molar-refractivity contribution in [3.63, 3.8) is 0 Å². The molecule has 1 aromatic carbocycles. The van der Waals surface area contributed by atoms with Crippen LogP contribution < -0.4 is 10.6 Å². The van der Waals surface area contributed by atoms with E-state index in [1.54, 1.807) is 0 Å². The van der Waals surface area contributed by atoms with E-state index in [4.69, 9.17) is 5.73 Å². The van der Waals surface area contributed by atoms with Gasteiger partial charge < -0.3 is 10.6 Å². The lowest BCUT2D eigenvalue weighted by Gasteiger charge is -2.24. The number of hydrogen-bond acceptors (Lipinski definition) is 2. The Morgan fingerprint density at radius 3 is 2.88 bits per heavy atom. The largest absolute Gasteiger partial charge is 0.330 e. The number of hydrogen-bond donors (Lipinski definition) is 1. The Bertz CT molecular complexity index is 408. The summed E-state index contributed by atoms with van der Waals surface area (Å²) in [5.74, 6) is 0.438. The zero-order valence-corrected chi connectivity index (χ0v) is 10.8. The van der Waals surface area contributed by atoms with Crippen molar-refractivity contribution >= 4 is 27.5 Å². The van der Waals surface area contributed by atoms with Crippen molar-refractivity contribution in [2.75, 3.05) is 11.4 Å². The van der Waals surface area contributed by atoms with Gasteiger partial charge in [0, 0.05) is 28.5 Å². The number of nitrogens with zero attached hydrogens (tertiary/aromatic N) is 1. The number of anilines is 1. The van der Waals surface area contributed by atoms with Crippen LogP contribution in [-0.2, 0) is 4.79 Å². The van der Waals surface area contributed by atoms with Crippen LogP contribution in [0, 0.1) is 5.92 Å². The maximum atomic E-state index is 11.9. The van der Waals surface area contributed by atoms with Gasteiger partial charge in [0.15, 0.2) is 0 Å². The summed E-state index contributed by atoms with van der Waals surface area (Å²) in [5, 5.41) is 0. The molecular weight excluding hydrogens is 268 g/mol. The Kier molecular flexibility index (Phi) is 3.30. The summed E-state index contributed by atoms with van der Waals surface area (Å²) in [6.45, 7) is 2.63. The summed E-state index contributed by atoms with van der Waals surface area (Å²) in [6.07, 6.45) is 0.560. The fourth-order valence-corrected chi connectivity index (χ4v) is 2.60. The predicted octanol–water partition coefficient (Wildman–Crippen LogP) is 2.15. The minimum atomic E-state index is 0.168. The molecule has 4 heteroatoms. The van der Waals surface area contributed by atoms with Crippen molar-refractivity contribution in [3.05, 3.63) is 28.7 Å². The van der Waals surface area contributed by atoms with Crippen LogP contribution in [0.5, 0.6) is 0 Å². The molecule has 2 N–H and O–H groups in total. The molecule has 1 heterocycles. The minimum Gasteiger partial charge on any atom is -0.330 e. The third-order valence-electron chi connectivity index (χ3n) is 3.18. The summed E-state index contributed by atoms with van der Waals surface area (Å²) < 4.78 is 0.987. The average molecular weight is 283 g/mol. The van der Waals surface area contributed by atoms with Gasteiger partial charge in [-0.3, -0.25) is 4.79 Å². The Hall–Kier alpha value is -0.870. The van der Waals surface area contributed by atoms with Crippen molar-refractivity contribution in [1.82, 2.24) is 0 Å². The van der Waals surface area contributed by atoms with Gasteiger partial charge in [-0.05, 0) is 31.7 Å². The first-order chi connectivity index (χ1) is 7.63. The summed E-state index contributed by atoms with van der Waals surface area (Å²) in [5.41, 5.74) is 6.62. The quantitative estimate of drug-likeness (QED) is 0.904. The molecule has 1 aliphatic heterocycles. The van der Waals surface area contributed by atoms with Gasteiger partial charge >= 0.3 is 0 Å². The van der Waals surface area contributed by atoms with Gasteiger partial charge in [-0.15, -0.1) is 0 Å². The molecule has 1 aromatic rings. The fourth-order valence-electron chi connectivity index (χ4n) is 2.22. The van der Waals surface area contributed by atoms with Gasteiger partial charge in [0.2, 0.25) is 5.91 Å². The molecule has 1 saturated heterocycles. The van der Waals surface area contributed by atoms with Crippen molar-refractivity contribution in [3.8, 4) is 0 Å². The molecule has 0 bridgehead atoms. The second-order valence-electron chi connectivity index (χ2n) is 4.18. The zero-order valence-electron chi connectivity index (χ0n) is 9.19. The molecule has 2 rings (SSSR count). The van der Waals surface area contributed by atoms with Crippen LogP contribution in [0.15, 0.2) is 28.7 Å². The van der Waals surface area contributed by atoms with Gasteiger partial charge in [-0.2, -0.15) is 0 Å². The predicted molar refractivity (Wildman–Crippen MR) is 68.3 cm³/mol. The molecule has 2 atom stereocenters. The first kappa shape index (κ1) is 11.6. The highest BCUT2D eigenvalue weighted by atomic mass is 79.9. The molecule has 0 aliphatic carbocycles. The van der Waals surface area contributed by atoms with Crippen LogP contribution in [0.2, 0.25) is 0 Å². The van der Waals surface area contributed by atoms with Crippen molar-refractivity contribution in [2.45, 2.75) is 19.4 Å². The SMILES string of the molecule is CC1C(CN)CC(=O)N1c1cccc(Br)c1. The van der Waals surface area contributed by atoms with E-state index in [1.165, 1.54) is 0 Å². The fraction of sp³-hybridized carbons (Fsp3) is 0.417. The summed E-state index contributed by atoms with van der Waals surface area (Å²) in [7, 11) is 0. The summed E-state index contributed by atoms with van der Waals surface area (Å²) in [6, 6.07) is 8.00. The molecule has 1 aliphatic rings. The average Bonchev–Trinajstić information content (AvgIpc) is 2.53. The smallest absolute Gasteiger partial charge is 0.227 e. The molecule has 1 fully saturated rings. The van der Waals surface area contributed by atoms with Gasteiger partial charge in [0.05, 0.1) is 0 Å². The van der Waals surface area contributed by atoms with Crippen LogP contribution in [0.25, 0.3) is 0 Å². The van der Waals surface area contributed by atoms with Crippen LogP contribution in [0.3, 0.4) is 0 Å². The molecule has 3 nitrogen and oxygen atoms in total. The third-order valence-corrected chi connectivity index (χ3v) is 3.68. The normalized spacial score (nSPS) is 25.2. The maximum Gasteiger partial charge on any atom is 0.227 e. The second-order valence-corrected chi connectivity index (χ2v) is 5.10. The van der Waals surface area contributed by atoms with Crippen molar-refractivity contribution < 1.29 is 4.79 Å². The number of amides is 1. The Morgan fingerprint density at radius 1 is 1.56 bits per heavy atom. The van der Waals surface area contributed by atoms with E-state index in [9.17, 15) is 4.79 Å². The molecule has 1 amide bonds. The van der Waals surface area contributed by atoms with Crippen LogP contribution in [-0.4, -0.2) is 18.5 Å². The van der Waals surface area contributed by atoms with E-state index in [-0.39, 0.29) is 17.9 Å². The van der Waals surface area contributed by atoms with E-state index in [0.717, 1.165) is 10.2 Å². The van der Waals surface area contributed by atoms with E-state index in [0.29, 0.717) is 13.0 Å². The third kappa shape index (κ3) is 1.99. The monoisotopic (exact) mass is 282 g/mol. The van der Waals surface area contributed by atoms with Gasteiger partial charge in [-0.25, -0.2) is 0 Å². The topological polar surface area (TPSA) is 46.3 Å². The maximum absolute atomic E-state index is 11.9. The van der Waals surface area contributed by atoms with E-state index >= 15 is 0 Å². The number of rotatable bonds is 2. The first-order valence-corrected chi connectivity index (χ1v) is 6.20. The molecule has 0 spiro atoms. The van der Waals surface area contributed by atoms with Gasteiger partial charge in [0.25, 0.3) is 0 Å². The molecule has 86 valence electrons. The highest BCUT2D eigenvalue weighted by Crippen LogP contribution is 2.31. The summed E-state index contributed by atoms with van der Waals surface area (Å²) in [4.78, 5) is 13.8. The molecule has 0 radical (unpaired) electrons. The number of carbonyl (C=O) groups is 1. The lowest BCUT2D eigenvalue weighted by Crippen LogP contribution is -2.34. The lowest BCUT2D eigenvalue weighted by atomic mass is 10.0. The zero-order chi connectivity index (χ0) is 11.7. The van der Waals surface area contributed by atoms with E-state index in [1.807, 2.05) is 29.2 Å². The number of carbonyl (C=O) groups excluding carboxylic acids is 1. The lowest BCUT2D eigenvalue weighted by molar-refractivity contribution is -0.117. The number of nitrogens with two attached hydrogens (primary N) is 1. The molecule has 16 heavy (non-hydrogen) atoms.